The fourth-order valence-electron chi connectivity index (χ4n) is 2.60. The molecule has 18 nitrogen and oxygen atoms in total. The zero-order valence-electron chi connectivity index (χ0n) is 21.8. The van der Waals surface area contributed by atoms with E-state index in [1.165, 1.54) is 20.0 Å². The zero-order valence-corrected chi connectivity index (χ0v) is 27.1. The quantitative estimate of drug-likeness (QED) is 0.0463. The summed E-state index contributed by atoms with van der Waals surface area (Å²) in [6.07, 6.45) is -1.02. The van der Waals surface area contributed by atoms with Crippen LogP contribution < -0.4 is 32.7 Å². The predicted octanol–water partition coefficient (Wildman–Crippen LogP) is -4.64. The number of carboxylic acid groups (broad SMARTS) is 4. The maximum atomic E-state index is 12.5. The molecule has 42 heavy (non-hydrogen) atoms. The molecule has 0 spiro atoms. The number of rotatable bonds is 22. The molecule has 0 fully saturated rings. The number of carbonyl (C=O) groups is 8. The van der Waals surface area contributed by atoms with Crippen molar-refractivity contribution in [3.63, 3.8) is 0 Å². The maximum absolute atomic E-state index is 12.5. The summed E-state index contributed by atoms with van der Waals surface area (Å²) in [6, 6.07) is -4.97. The SMILES string of the molecule is N[C@@H](CCC(=O)N[C@@H](CS[As]([Se-])SC[C@H](NC(=O)CC[C@H](N)C(=O)O)C(=O)NCC(=O)O)C(=O)NCC(=O)O)C(=O)O. The molecule has 0 saturated carbocycles. The van der Waals surface area contributed by atoms with Gasteiger partial charge in [-0.25, -0.2) is 0 Å². The van der Waals surface area contributed by atoms with E-state index in [2.05, 4.69) is 35.3 Å². The van der Waals surface area contributed by atoms with Crippen LogP contribution in [-0.2, 0) is 38.4 Å². The third kappa shape index (κ3) is 18.8. The summed E-state index contributed by atoms with van der Waals surface area (Å²) in [7, 11) is 0.318. The summed E-state index contributed by atoms with van der Waals surface area (Å²) in [5.41, 5.74) is 10.8. The van der Waals surface area contributed by atoms with Gasteiger partial charge in [-0.15, -0.1) is 0 Å². The van der Waals surface area contributed by atoms with E-state index in [4.69, 9.17) is 31.9 Å². The van der Waals surface area contributed by atoms with Gasteiger partial charge in [0.05, 0.1) is 0 Å². The van der Waals surface area contributed by atoms with Crippen LogP contribution in [0.5, 0.6) is 0 Å². The molecular weight excluding hydrogens is 734 g/mol. The van der Waals surface area contributed by atoms with Crippen LogP contribution in [-0.4, -0.2) is 141 Å². The summed E-state index contributed by atoms with van der Waals surface area (Å²) in [6.45, 7) is -1.42. The summed E-state index contributed by atoms with van der Waals surface area (Å²) in [5.74, 6) is -8.29. The molecular formula is C20H32AsN6O12S2Se-. The first kappa shape index (κ1) is 39.5. The predicted molar refractivity (Wildman–Crippen MR) is 151 cm³/mol. The first-order chi connectivity index (χ1) is 19.5. The summed E-state index contributed by atoms with van der Waals surface area (Å²) in [4.78, 5) is 92.8. The van der Waals surface area contributed by atoms with E-state index in [0.29, 0.717) is 0 Å². The van der Waals surface area contributed by atoms with Crippen molar-refractivity contribution in [3.05, 3.63) is 0 Å². The Morgan fingerprint density at radius 2 is 1.00 bits per heavy atom. The minimum atomic E-state index is -2.12. The number of aliphatic carboxylic acids is 4. The number of carbonyl (C=O) groups excluding carboxylic acids is 4. The van der Waals surface area contributed by atoms with Crippen molar-refractivity contribution in [2.45, 2.75) is 49.9 Å². The number of nitrogens with two attached hydrogens (primary N) is 2. The van der Waals surface area contributed by atoms with Crippen LogP contribution >= 0.6 is 20.0 Å². The van der Waals surface area contributed by atoms with Crippen LogP contribution in [0, 0.1) is 0 Å². The third-order valence-electron chi connectivity index (χ3n) is 4.82. The number of hydrogen-bond acceptors (Lipinski definition) is 12. The van der Waals surface area contributed by atoms with Crippen molar-refractivity contribution in [1.29, 1.82) is 0 Å². The molecule has 4 atom stereocenters. The van der Waals surface area contributed by atoms with Crippen molar-refractivity contribution < 1.29 is 58.8 Å². The fraction of sp³-hybridized carbons (Fsp3) is 0.600. The van der Waals surface area contributed by atoms with Crippen LogP contribution in [0.25, 0.3) is 0 Å². The van der Waals surface area contributed by atoms with E-state index >= 15 is 0 Å². The second-order valence-electron chi connectivity index (χ2n) is 8.25. The van der Waals surface area contributed by atoms with Gasteiger partial charge in [-0.3, -0.25) is 0 Å². The molecule has 238 valence electrons. The van der Waals surface area contributed by atoms with E-state index < -0.39 is 95.2 Å². The second kappa shape index (κ2) is 21.2. The molecule has 0 aliphatic rings. The van der Waals surface area contributed by atoms with E-state index in [9.17, 15) is 38.4 Å². The van der Waals surface area contributed by atoms with E-state index in [0.717, 1.165) is 0 Å². The summed E-state index contributed by atoms with van der Waals surface area (Å²) >= 11 is 2.91. The molecule has 0 aromatic carbocycles. The molecule has 12 N–H and O–H groups in total. The van der Waals surface area contributed by atoms with Crippen molar-refractivity contribution in [2.75, 3.05) is 24.6 Å². The van der Waals surface area contributed by atoms with Gasteiger partial charge in [-0.05, 0) is 0 Å². The Kier molecular flexibility index (Phi) is 19.9. The van der Waals surface area contributed by atoms with Crippen LogP contribution in [0.15, 0.2) is 0 Å². The minimum absolute atomic E-state index is 0.0303. The molecule has 0 aliphatic heterocycles. The molecule has 0 unspecified atom stereocenters. The first-order valence-corrected chi connectivity index (χ1v) is 23.0. The Morgan fingerprint density at radius 3 is 1.29 bits per heavy atom. The first-order valence-electron chi connectivity index (χ1n) is 11.8. The Morgan fingerprint density at radius 1 is 0.667 bits per heavy atom. The molecule has 0 radical (unpaired) electrons. The zero-order chi connectivity index (χ0) is 32.4. The van der Waals surface area contributed by atoms with Crippen molar-refractivity contribution in [1.82, 2.24) is 21.3 Å². The van der Waals surface area contributed by atoms with Crippen LogP contribution in [0.2, 0.25) is 0 Å². The Hall–Kier alpha value is -2.54. The van der Waals surface area contributed by atoms with Crippen molar-refractivity contribution in [2.24, 2.45) is 11.5 Å². The Balaban J connectivity index is 5.24. The second-order valence-corrected chi connectivity index (χ2v) is 28.0. The summed E-state index contributed by atoms with van der Waals surface area (Å²) < 4.78 is 0. The monoisotopic (exact) mass is 767 g/mol. The fourth-order valence-corrected chi connectivity index (χ4v) is 14.6. The Bertz CT molecular complexity index is 937. The Labute approximate surface area is 257 Å². The molecule has 0 heterocycles. The van der Waals surface area contributed by atoms with Gasteiger partial charge in [0.15, 0.2) is 0 Å². The molecule has 0 aromatic rings. The van der Waals surface area contributed by atoms with E-state index in [-0.39, 0.29) is 37.2 Å². The topological polar surface area (TPSA) is 318 Å². The van der Waals surface area contributed by atoms with Crippen LogP contribution in [0.1, 0.15) is 25.7 Å². The molecule has 0 aromatic heterocycles. The number of carboxylic acids is 4. The molecule has 0 aliphatic carbocycles. The van der Waals surface area contributed by atoms with Crippen LogP contribution in [0.3, 0.4) is 0 Å². The van der Waals surface area contributed by atoms with Gasteiger partial charge in [0, 0.05) is 0 Å². The van der Waals surface area contributed by atoms with E-state index in [1.54, 1.807) is 0 Å². The van der Waals surface area contributed by atoms with Gasteiger partial charge in [0.2, 0.25) is 0 Å². The molecule has 4 amide bonds. The van der Waals surface area contributed by atoms with Gasteiger partial charge in [-0.1, -0.05) is 0 Å². The van der Waals surface area contributed by atoms with Crippen LogP contribution in [0.4, 0.5) is 0 Å². The number of nitrogens with one attached hydrogen (secondary N) is 4. The molecule has 0 rings (SSSR count). The average Bonchev–Trinajstić information content (AvgIpc) is 2.91. The third-order valence-corrected chi connectivity index (χ3v) is 20.9. The average molecular weight is 767 g/mol. The van der Waals surface area contributed by atoms with Gasteiger partial charge in [0.25, 0.3) is 0 Å². The number of amides is 4. The van der Waals surface area contributed by atoms with Gasteiger partial charge >= 0.3 is 258 Å². The molecule has 22 heteroatoms. The number of hydrogen-bond donors (Lipinski definition) is 10. The molecule has 0 saturated heterocycles. The molecule has 0 bridgehead atoms. The van der Waals surface area contributed by atoms with E-state index in [1.807, 2.05) is 0 Å². The standard InChI is InChI=1S/C20H32AsN6O12S2Se/c22-9(19(36)37)1-3-13(28)26-11(17(34)24-5-15(30)31)7-40-21(42)41-8-12(18(35)25-6-16(32)33)27-14(29)4-2-10(23)20(38)39/h9-12H,1-8,22-23H2,(H,24,34)(H,25,35)(H,26,28)(H,27,29)(H,30,31)(H,32,33)(H,36,37)(H,38,39)/q-1/t9-,10-,11-,12-/m0/s1. The summed E-state index contributed by atoms with van der Waals surface area (Å²) in [5, 5.41) is 44.5. The van der Waals surface area contributed by atoms with Gasteiger partial charge < -0.3 is 0 Å². The van der Waals surface area contributed by atoms with Gasteiger partial charge in [0.1, 0.15) is 0 Å². The van der Waals surface area contributed by atoms with Crippen molar-refractivity contribution >= 4 is 92.0 Å². The van der Waals surface area contributed by atoms with Gasteiger partial charge in [-0.2, -0.15) is 0 Å². The normalized spacial score (nSPS) is 13.6. The van der Waals surface area contributed by atoms with Crippen molar-refractivity contribution in [3.8, 4) is 0 Å².